The van der Waals surface area contributed by atoms with E-state index in [1.54, 1.807) is 0 Å². The van der Waals surface area contributed by atoms with Crippen molar-refractivity contribution in [2.75, 3.05) is 11.9 Å². The number of fused-ring (bicyclic) bond motifs is 1. The number of nitrogens with zero attached hydrogens (tertiary/aromatic N) is 2. The third-order valence-corrected chi connectivity index (χ3v) is 4.05. The second-order valence-electron chi connectivity index (χ2n) is 5.41. The predicted molar refractivity (Wildman–Crippen MR) is 69.6 cm³/mol. The molecule has 1 aromatic heterocycles. The van der Waals surface area contributed by atoms with Crippen molar-refractivity contribution in [3.05, 3.63) is 11.9 Å². The van der Waals surface area contributed by atoms with Crippen molar-refractivity contribution in [1.82, 2.24) is 14.9 Å². The molecule has 1 aromatic rings. The molecule has 2 atom stereocenters. The van der Waals surface area contributed by atoms with Crippen LogP contribution < -0.4 is 10.6 Å². The van der Waals surface area contributed by atoms with Gasteiger partial charge in [-0.1, -0.05) is 13.3 Å². The molecule has 0 bridgehead atoms. The fraction of sp³-hybridized carbons (Fsp3) is 0.692. The highest BCUT2D eigenvalue weighted by molar-refractivity contribution is 5.92. The average molecular weight is 248 g/mol. The highest BCUT2D eigenvalue weighted by Crippen LogP contribution is 2.25. The Balaban J connectivity index is 1.70. The van der Waals surface area contributed by atoms with Gasteiger partial charge in [-0.25, -0.2) is 4.98 Å². The summed E-state index contributed by atoms with van der Waals surface area (Å²) in [5.74, 6) is 1.38. The topological polar surface area (TPSA) is 59.0 Å². The number of hydrogen-bond donors (Lipinski definition) is 2. The van der Waals surface area contributed by atoms with Gasteiger partial charge in [0.15, 0.2) is 0 Å². The Bertz CT molecular complexity index is 430. The van der Waals surface area contributed by atoms with Crippen LogP contribution in [0.25, 0.3) is 0 Å². The molecule has 98 valence electrons. The van der Waals surface area contributed by atoms with Gasteiger partial charge in [-0.2, -0.15) is 0 Å². The molecular weight excluding hydrogens is 228 g/mol. The third kappa shape index (κ3) is 2.09. The number of imidazole rings is 1. The lowest BCUT2D eigenvalue weighted by Gasteiger charge is -2.16. The molecule has 5 nitrogen and oxygen atoms in total. The van der Waals surface area contributed by atoms with E-state index in [0.29, 0.717) is 17.7 Å². The zero-order valence-corrected chi connectivity index (χ0v) is 10.8. The molecule has 2 unspecified atom stereocenters. The van der Waals surface area contributed by atoms with Crippen molar-refractivity contribution in [1.29, 1.82) is 0 Å². The van der Waals surface area contributed by atoms with Gasteiger partial charge in [0.2, 0.25) is 5.95 Å². The van der Waals surface area contributed by atoms with Crippen LogP contribution in [0.1, 0.15) is 43.1 Å². The van der Waals surface area contributed by atoms with Gasteiger partial charge >= 0.3 is 0 Å². The minimum Gasteiger partial charge on any atom is -0.356 e. The molecule has 1 fully saturated rings. The van der Waals surface area contributed by atoms with Crippen LogP contribution in [-0.2, 0) is 6.54 Å². The van der Waals surface area contributed by atoms with Gasteiger partial charge in [0, 0.05) is 25.3 Å². The molecule has 0 spiro atoms. The summed E-state index contributed by atoms with van der Waals surface area (Å²) < 4.78 is 2.02. The standard InChI is InChI=1S/C13H20N4O/c1-9-4-2-5-10(9)15-12(18)11-8-17-7-3-6-14-13(17)16-11/h8-10H,2-7H2,1H3,(H,14,16)(H,15,18). The molecule has 0 saturated heterocycles. The highest BCUT2D eigenvalue weighted by atomic mass is 16.2. The third-order valence-electron chi connectivity index (χ3n) is 4.05. The van der Waals surface area contributed by atoms with Crippen molar-refractivity contribution < 1.29 is 4.79 Å². The molecule has 2 N–H and O–H groups in total. The molecule has 1 aliphatic heterocycles. The van der Waals surface area contributed by atoms with Crippen molar-refractivity contribution in [2.45, 2.75) is 45.2 Å². The van der Waals surface area contributed by atoms with Crippen molar-refractivity contribution >= 4 is 11.9 Å². The molecule has 1 aliphatic carbocycles. The van der Waals surface area contributed by atoms with Gasteiger partial charge in [0.05, 0.1) is 0 Å². The van der Waals surface area contributed by atoms with Gasteiger partial charge in [-0.05, 0) is 25.2 Å². The summed E-state index contributed by atoms with van der Waals surface area (Å²) in [7, 11) is 0. The summed E-state index contributed by atoms with van der Waals surface area (Å²) >= 11 is 0. The first kappa shape index (κ1) is 11.6. The molecule has 5 heteroatoms. The Morgan fingerprint density at radius 1 is 1.50 bits per heavy atom. The van der Waals surface area contributed by atoms with Crippen molar-refractivity contribution in [3.8, 4) is 0 Å². The van der Waals surface area contributed by atoms with Crippen LogP contribution in [-0.4, -0.2) is 28.0 Å². The molecule has 3 rings (SSSR count). The van der Waals surface area contributed by atoms with E-state index in [0.717, 1.165) is 31.9 Å². The van der Waals surface area contributed by atoms with Gasteiger partial charge in [-0.15, -0.1) is 0 Å². The normalized spacial score (nSPS) is 26.5. The monoisotopic (exact) mass is 248 g/mol. The number of carbonyl (C=O) groups is 1. The smallest absolute Gasteiger partial charge is 0.271 e. The van der Waals surface area contributed by atoms with Crippen LogP contribution in [0.5, 0.6) is 0 Å². The Labute approximate surface area is 107 Å². The first-order valence-electron chi connectivity index (χ1n) is 6.86. The van der Waals surface area contributed by atoms with Crippen LogP contribution in [0.15, 0.2) is 6.20 Å². The van der Waals surface area contributed by atoms with Crippen molar-refractivity contribution in [3.63, 3.8) is 0 Å². The number of anilines is 1. The maximum atomic E-state index is 12.1. The largest absolute Gasteiger partial charge is 0.356 e. The Hall–Kier alpha value is -1.52. The van der Waals surface area contributed by atoms with E-state index in [4.69, 9.17) is 0 Å². The van der Waals surface area contributed by atoms with Gasteiger partial charge in [0.25, 0.3) is 5.91 Å². The lowest BCUT2D eigenvalue weighted by atomic mass is 10.1. The fourth-order valence-electron chi connectivity index (χ4n) is 2.89. The second-order valence-corrected chi connectivity index (χ2v) is 5.41. The lowest BCUT2D eigenvalue weighted by Crippen LogP contribution is -2.36. The molecular formula is C13H20N4O. The summed E-state index contributed by atoms with van der Waals surface area (Å²) in [5, 5.41) is 6.32. The number of carbonyl (C=O) groups excluding carboxylic acids is 1. The van der Waals surface area contributed by atoms with Crippen LogP contribution in [0, 0.1) is 5.92 Å². The van der Waals surface area contributed by atoms with Crippen LogP contribution in [0.4, 0.5) is 5.95 Å². The molecule has 1 saturated carbocycles. The summed E-state index contributed by atoms with van der Waals surface area (Å²) in [5.41, 5.74) is 0.540. The Morgan fingerprint density at radius 2 is 2.39 bits per heavy atom. The zero-order valence-electron chi connectivity index (χ0n) is 10.8. The summed E-state index contributed by atoms with van der Waals surface area (Å²) in [6, 6.07) is 0.323. The highest BCUT2D eigenvalue weighted by Gasteiger charge is 2.26. The maximum Gasteiger partial charge on any atom is 0.271 e. The predicted octanol–water partition coefficient (Wildman–Crippen LogP) is 1.62. The van der Waals surface area contributed by atoms with Gasteiger partial charge in [-0.3, -0.25) is 4.79 Å². The minimum absolute atomic E-state index is 0.0301. The second kappa shape index (κ2) is 4.63. The number of amides is 1. The summed E-state index contributed by atoms with van der Waals surface area (Å²) in [6.45, 7) is 4.10. The van der Waals surface area contributed by atoms with Crippen molar-refractivity contribution in [2.24, 2.45) is 5.92 Å². The van der Waals surface area contributed by atoms with E-state index in [-0.39, 0.29) is 5.91 Å². The van der Waals surface area contributed by atoms with Gasteiger partial charge in [0.1, 0.15) is 5.69 Å². The first-order chi connectivity index (χ1) is 8.74. The van der Waals surface area contributed by atoms with E-state index in [1.165, 1.54) is 12.8 Å². The minimum atomic E-state index is -0.0301. The van der Waals surface area contributed by atoms with Crippen LogP contribution in [0.2, 0.25) is 0 Å². The van der Waals surface area contributed by atoms with E-state index >= 15 is 0 Å². The van der Waals surface area contributed by atoms with Crippen LogP contribution in [0.3, 0.4) is 0 Å². The van der Waals surface area contributed by atoms with E-state index < -0.39 is 0 Å². The zero-order chi connectivity index (χ0) is 12.5. The molecule has 18 heavy (non-hydrogen) atoms. The molecule has 1 amide bonds. The Kier molecular flexibility index (Phi) is 2.97. The number of aromatic nitrogens is 2. The molecule has 0 aromatic carbocycles. The Morgan fingerprint density at radius 3 is 3.11 bits per heavy atom. The SMILES string of the molecule is CC1CCCC1NC(=O)c1cn2c(n1)NCCC2. The van der Waals surface area contributed by atoms with E-state index in [2.05, 4.69) is 22.5 Å². The number of hydrogen-bond acceptors (Lipinski definition) is 3. The maximum absolute atomic E-state index is 12.1. The van der Waals surface area contributed by atoms with E-state index in [9.17, 15) is 4.79 Å². The number of rotatable bonds is 2. The molecule has 2 aliphatic rings. The van der Waals surface area contributed by atoms with Crippen LogP contribution >= 0.6 is 0 Å². The summed E-state index contributed by atoms with van der Waals surface area (Å²) in [6.07, 6.45) is 6.47. The fourth-order valence-corrected chi connectivity index (χ4v) is 2.89. The number of aryl methyl sites for hydroxylation is 1. The van der Waals surface area contributed by atoms with Gasteiger partial charge < -0.3 is 15.2 Å². The molecule has 2 heterocycles. The quantitative estimate of drug-likeness (QED) is 0.836. The first-order valence-corrected chi connectivity index (χ1v) is 6.86. The van der Waals surface area contributed by atoms with E-state index in [1.807, 2.05) is 10.8 Å². The number of nitrogens with one attached hydrogen (secondary N) is 2. The molecule has 0 radical (unpaired) electrons. The lowest BCUT2D eigenvalue weighted by molar-refractivity contribution is 0.0925. The average Bonchev–Trinajstić information content (AvgIpc) is 2.96. The summed E-state index contributed by atoms with van der Waals surface area (Å²) in [4.78, 5) is 16.5.